The number of sulfonamides is 1. The summed E-state index contributed by atoms with van der Waals surface area (Å²) in [5.41, 5.74) is 0.252. The molecule has 0 unspecified atom stereocenters. The molecule has 1 aromatic carbocycles. The second kappa shape index (κ2) is 10.7. The molecule has 0 amide bonds. The van der Waals surface area contributed by atoms with Crippen LogP contribution in [0.4, 0.5) is 24.8 Å². The van der Waals surface area contributed by atoms with Crippen molar-refractivity contribution < 1.29 is 21.6 Å². The van der Waals surface area contributed by atoms with Crippen LogP contribution in [0.2, 0.25) is 0 Å². The molecule has 192 valence electrons. The number of benzene rings is 1. The minimum atomic E-state index is -4.52. The van der Waals surface area contributed by atoms with Gasteiger partial charge in [0.1, 0.15) is 0 Å². The van der Waals surface area contributed by atoms with Crippen LogP contribution < -0.4 is 15.4 Å². The highest BCUT2D eigenvalue weighted by Crippen LogP contribution is 2.47. The second-order valence-electron chi connectivity index (χ2n) is 7.98. The molecular weight excluding hydrogens is 583 g/mol. The lowest BCUT2D eigenvalue weighted by Crippen LogP contribution is -2.30. The van der Waals surface area contributed by atoms with Gasteiger partial charge in [-0.3, -0.25) is 4.68 Å². The quantitative estimate of drug-likeness (QED) is 0.242. The SMILES string of the molecule is O=S(=O)(Nc1ncccn1)c1ccc(NC(=S)NCCCn2nc(C(F)(F)F)c(Br)c2C2CC2)cc1. The molecule has 1 saturated carbocycles. The maximum atomic E-state index is 13.2. The Kier molecular flexibility index (Phi) is 7.80. The average Bonchev–Trinajstić information content (AvgIpc) is 3.59. The molecule has 4 rings (SSSR count). The summed E-state index contributed by atoms with van der Waals surface area (Å²) in [4.78, 5) is 7.70. The van der Waals surface area contributed by atoms with Gasteiger partial charge in [-0.15, -0.1) is 0 Å². The van der Waals surface area contributed by atoms with E-state index in [4.69, 9.17) is 12.2 Å². The third-order valence-electron chi connectivity index (χ3n) is 5.21. The van der Waals surface area contributed by atoms with Crippen molar-refractivity contribution >= 4 is 54.9 Å². The Morgan fingerprint density at radius 3 is 2.44 bits per heavy atom. The summed E-state index contributed by atoms with van der Waals surface area (Å²) in [7, 11) is -3.85. The first-order chi connectivity index (χ1) is 17.0. The largest absolute Gasteiger partial charge is 0.436 e. The van der Waals surface area contributed by atoms with Crippen LogP contribution >= 0.6 is 28.1 Å². The van der Waals surface area contributed by atoms with Gasteiger partial charge in [-0.1, -0.05) is 0 Å². The van der Waals surface area contributed by atoms with Gasteiger partial charge in [0.05, 0.1) is 15.1 Å². The zero-order valence-electron chi connectivity index (χ0n) is 18.6. The van der Waals surface area contributed by atoms with Crippen molar-refractivity contribution in [3.8, 4) is 0 Å². The summed E-state index contributed by atoms with van der Waals surface area (Å²) in [5.74, 6) is 0.0623. The monoisotopic (exact) mass is 603 g/mol. The molecule has 3 N–H and O–H groups in total. The van der Waals surface area contributed by atoms with E-state index in [0.29, 0.717) is 36.0 Å². The summed E-state index contributed by atoms with van der Waals surface area (Å²) < 4.78 is 68.3. The normalized spacial score (nSPS) is 13.9. The summed E-state index contributed by atoms with van der Waals surface area (Å²) in [5, 5.41) is 10.0. The number of halogens is 4. The summed E-state index contributed by atoms with van der Waals surface area (Å²) in [6.45, 7) is 0.711. The van der Waals surface area contributed by atoms with Crippen LogP contribution in [0.1, 0.15) is 36.6 Å². The Morgan fingerprint density at radius 1 is 1.17 bits per heavy atom. The Hall–Kier alpha value is -2.78. The smallest absolute Gasteiger partial charge is 0.362 e. The van der Waals surface area contributed by atoms with Crippen molar-refractivity contribution in [2.75, 3.05) is 16.6 Å². The third kappa shape index (κ3) is 6.50. The molecule has 1 aliphatic rings. The fourth-order valence-corrected chi connectivity index (χ4v) is 5.42. The van der Waals surface area contributed by atoms with Crippen LogP contribution in [0.25, 0.3) is 0 Å². The number of aryl methyl sites for hydroxylation is 1. The minimum absolute atomic E-state index is 0.0226. The number of anilines is 2. The van der Waals surface area contributed by atoms with Gasteiger partial charge in [0.25, 0.3) is 10.0 Å². The molecule has 0 saturated heterocycles. The number of thiocarbonyl (C=S) groups is 1. The molecule has 15 heteroatoms. The van der Waals surface area contributed by atoms with Crippen molar-refractivity contribution in [1.29, 1.82) is 0 Å². The van der Waals surface area contributed by atoms with Crippen molar-refractivity contribution in [1.82, 2.24) is 25.1 Å². The van der Waals surface area contributed by atoms with Crippen LogP contribution in [0.5, 0.6) is 0 Å². The fourth-order valence-electron chi connectivity index (χ4n) is 3.41. The lowest BCUT2D eigenvalue weighted by molar-refractivity contribution is -0.142. The highest BCUT2D eigenvalue weighted by atomic mass is 79.9. The van der Waals surface area contributed by atoms with E-state index in [2.05, 4.69) is 46.4 Å². The topological polar surface area (TPSA) is 114 Å². The van der Waals surface area contributed by atoms with E-state index >= 15 is 0 Å². The number of rotatable bonds is 9. The Balaban J connectivity index is 1.27. The van der Waals surface area contributed by atoms with E-state index in [1.54, 1.807) is 18.2 Å². The van der Waals surface area contributed by atoms with Crippen molar-refractivity contribution in [3.05, 3.63) is 58.6 Å². The van der Waals surface area contributed by atoms with E-state index in [0.717, 1.165) is 12.8 Å². The summed E-state index contributed by atoms with van der Waals surface area (Å²) in [6, 6.07) is 7.49. The Bertz CT molecular complexity index is 1330. The standard InChI is InChI=1S/C21H21BrF3N7O2S2/c22-16-17(13-3-4-13)32(30-18(16)21(23,24)25)12-2-11-28-20(35)29-14-5-7-15(8-6-14)36(33,34)31-19-26-9-1-10-27-19/h1,5-10,13H,2-4,11-12H2,(H,26,27,31)(H2,28,29,35). The number of hydrogen-bond acceptors (Lipinski definition) is 6. The number of aromatic nitrogens is 4. The molecule has 2 heterocycles. The van der Waals surface area contributed by atoms with Crippen LogP contribution in [0.15, 0.2) is 52.1 Å². The van der Waals surface area contributed by atoms with E-state index in [9.17, 15) is 21.6 Å². The second-order valence-corrected chi connectivity index (χ2v) is 10.9. The third-order valence-corrected chi connectivity index (χ3v) is 7.58. The zero-order valence-corrected chi connectivity index (χ0v) is 21.8. The maximum Gasteiger partial charge on any atom is 0.436 e. The van der Waals surface area contributed by atoms with Gasteiger partial charge in [-0.25, -0.2) is 23.1 Å². The molecule has 0 bridgehead atoms. The van der Waals surface area contributed by atoms with Gasteiger partial charge in [-0.2, -0.15) is 18.3 Å². The lowest BCUT2D eigenvalue weighted by Gasteiger charge is -2.12. The van der Waals surface area contributed by atoms with Gasteiger partial charge >= 0.3 is 6.18 Å². The molecule has 1 aliphatic carbocycles. The van der Waals surface area contributed by atoms with Gasteiger partial charge in [0, 0.05) is 37.1 Å². The van der Waals surface area contributed by atoms with Gasteiger partial charge in [0.15, 0.2) is 10.8 Å². The maximum absolute atomic E-state index is 13.2. The van der Waals surface area contributed by atoms with Crippen LogP contribution in [0, 0.1) is 0 Å². The molecule has 0 radical (unpaired) electrons. The van der Waals surface area contributed by atoms with E-state index < -0.39 is 21.9 Å². The van der Waals surface area contributed by atoms with Gasteiger partial charge in [-0.05, 0) is 77.7 Å². The summed E-state index contributed by atoms with van der Waals surface area (Å²) >= 11 is 8.35. The molecule has 9 nitrogen and oxygen atoms in total. The number of nitrogens with zero attached hydrogens (tertiary/aromatic N) is 4. The predicted octanol–water partition coefficient (Wildman–Crippen LogP) is 4.51. The average molecular weight is 604 g/mol. The van der Waals surface area contributed by atoms with Crippen LogP contribution in [-0.2, 0) is 22.7 Å². The predicted molar refractivity (Wildman–Crippen MR) is 135 cm³/mol. The number of alkyl halides is 3. The molecule has 3 aromatic rings. The molecule has 0 aliphatic heterocycles. The highest BCUT2D eigenvalue weighted by Gasteiger charge is 2.41. The molecule has 0 spiro atoms. The number of nitrogens with one attached hydrogen (secondary N) is 3. The number of hydrogen-bond donors (Lipinski definition) is 3. The van der Waals surface area contributed by atoms with E-state index in [-0.39, 0.29) is 21.2 Å². The first-order valence-electron chi connectivity index (χ1n) is 10.8. The highest BCUT2D eigenvalue weighted by molar-refractivity contribution is 9.10. The fraction of sp³-hybridized carbons (Fsp3) is 0.333. The molecule has 36 heavy (non-hydrogen) atoms. The van der Waals surface area contributed by atoms with Crippen LogP contribution in [-0.4, -0.2) is 39.8 Å². The van der Waals surface area contributed by atoms with E-state index in [1.165, 1.54) is 29.2 Å². The molecule has 2 aromatic heterocycles. The first kappa shape index (κ1) is 26.3. The molecule has 0 atom stereocenters. The minimum Gasteiger partial charge on any atom is -0.362 e. The molecule has 1 fully saturated rings. The zero-order chi connectivity index (χ0) is 25.9. The van der Waals surface area contributed by atoms with Gasteiger partial charge in [0.2, 0.25) is 5.95 Å². The molecular formula is C21H21BrF3N7O2S2. The van der Waals surface area contributed by atoms with E-state index in [1.807, 2.05) is 0 Å². The van der Waals surface area contributed by atoms with Crippen LogP contribution in [0.3, 0.4) is 0 Å². The summed E-state index contributed by atoms with van der Waals surface area (Å²) in [6.07, 6.45) is 0.528. The van der Waals surface area contributed by atoms with Crippen molar-refractivity contribution in [3.63, 3.8) is 0 Å². The Labute approximate surface area is 219 Å². The lowest BCUT2D eigenvalue weighted by atomic mass is 10.2. The van der Waals surface area contributed by atoms with Gasteiger partial charge < -0.3 is 10.6 Å². The van der Waals surface area contributed by atoms with Crippen molar-refractivity contribution in [2.45, 2.75) is 42.8 Å². The first-order valence-corrected chi connectivity index (χ1v) is 13.5. The van der Waals surface area contributed by atoms with Crippen molar-refractivity contribution in [2.24, 2.45) is 0 Å². The Morgan fingerprint density at radius 2 is 1.83 bits per heavy atom.